The van der Waals surface area contributed by atoms with Gasteiger partial charge in [-0.3, -0.25) is 4.79 Å². The molecule has 0 atom stereocenters. The maximum absolute atomic E-state index is 10.5. The molecule has 0 heterocycles. The van der Waals surface area contributed by atoms with E-state index >= 15 is 0 Å². The standard InChI is InChI=1S/C36H58O2/c1-2-3-4-5-6-7-8-9-10-11-12-13-14-15-16-17-18-19-20-21-22-23-24-25-26-27-28-29-30-31-32-33-34-35-36(37)38/h3-4,6-7,9-10,12-13,15-16,18-19,21-22H,2,5,8,11,14,17,20,23-35H2,1H3,(H,37,38)/b4-3-,7-6-,10-9-,13-12-,16-15-,19-18-,22-21-. The number of carboxylic acids is 1. The molecule has 0 unspecified atom stereocenters. The van der Waals surface area contributed by atoms with E-state index in [2.05, 4.69) is 92.0 Å². The first-order valence-corrected chi connectivity index (χ1v) is 15.5. The zero-order valence-corrected chi connectivity index (χ0v) is 24.6. The lowest BCUT2D eigenvalue weighted by Crippen LogP contribution is -1.93. The van der Waals surface area contributed by atoms with Crippen molar-refractivity contribution < 1.29 is 9.90 Å². The van der Waals surface area contributed by atoms with E-state index in [1.54, 1.807) is 0 Å². The molecule has 0 aliphatic heterocycles. The van der Waals surface area contributed by atoms with Crippen LogP contribution in [0.5, 0.6) is 0 Å². The fraction of sp³-hybridized carbons (Fsp3) is 0.583. The second-order valence-electron chi connectivity index (χ2n) is 9.94. The van der Waals surface area contributed by atoms with E-state index in [4.69, 9.17) is 5.11 Å². The molecule has 0 radical (unpaired) electrons. The van der Waals surface area contributed by atoms with Gasteiger partial charge in [0.25, 0.3) is 0 Å². The van der Waals surface area contributed by atoms with Gasteiger partial charge in [0.2, 0.25) is 0 Å². The van der Waals surface area contributed by atoms with Crippen molar-refractivity contribution in [3.05, 3.63) is 85.1 Å². The van der Waals surface area contributed by atoms with Crippen molar-refractivity contribution in [3.63, 3.8) is 0 Å². The van der Waals surface area contributed by atoms with Crippen LogP contribution in [0.4, 0.5) is 0 Å². The first kappa shape index (κ1) is 35.6. The van der Waals surface area contributed by atoms with E-state index in [0.717, 1.165) is 57.8 Å². The molecule has 0 aliphatic carbocycles. The predicted molar refractivity (Wildman–Crippen MR) is 170 cm³/mol. The maximum atomic E-state index is 10.5. The highest BCUT2D eigenvalue weighted by atomic mass is 16.4. The van der Waals surface area contributed by atoms with Crippen LogP contribution in [0.2, 0.25) is 0 Å². The van der Waals surface area contributed by atoms with Crippen LogP contribution in [0.25, 0.3) is 0 Å². The first-order valence-electron chi connectivity index (χ1n) is 15.5. The van der Waals surface area contributed by atoms with Crippen molar-refractivity contribution in [2.24, 2.45) is 0 Å². The summed E-state index contributed by atoms with van der Waals surface area (Å²) < 4.78 is 0. The van der Waals surface area contributed by atoms with Crippen LogP contribution in [0.3, 0.4) is 0 Å². The number of allylic oxidation sites excluding steroid dienone is 14. The maximum Gasteiger partial charge on any atom is 0.303 e. The fourth-order valence-corrected chi connectivity index (χ4v) is 4.04. The Morgan fingerprint density at radius 3 is 1.05 bits per heavy atom. The molecule has 0 fully saturated rings. The Labute approximate surface area is 236 Å². The van der Waals surface area contributed by atoms with Crippen molar-refractivity contribution >= 4 is 5.97 Å². The quantitative estimate of drug-likeness (QED) is 0.0860. The molecule has 0 saturated heterocycles. The van der Waals surface area contributed by atoms with Gasteiger partial charge in [-0.25, -0.2) is 0 Å². The van der Waals surface area contributed by atoms with E-state index < -0.39 is 5.97 Å². The number of hydrogen-bond acceptors (Lipinski definition) is 1. The van der Waals surface area contributed by atoms with Crippen molar-refractivity contribution in [3.8, 4) is 0 Å². The van der Waals surface area contributed by atoms with Gasteiger partial charge in [0, 0.05) is 6.42 Å². The fourth-order valence-electron chi connectivity index (χ4n) is 4.04. The van der Waals surface area contributed by atoms with E-state index in [1.165, 1.54) is 64.2 Å². The summed E-state index contributed by atoms with van der Waals surface area (Å²) in [5.41, 5.74) is 0. The summed E-state index contributed by atoms with van der Waals surface area (Å²) in [6.07, 6.45) is 54.1. The topological polar surface area (TPSA) is 37.3 Å². The van der Waals surface area contributed by atoms with E-state index in [1.807, 2.05) is 0 Å². The number of hydrogen-bond donors (Lipinski definition) is 1. The molecular weight excluding hydrogens is 464 g/mol. The third-order valence-corrected chi connectivity index (χ3v) is 6.30. The summed E-state index contributed by atoms with van der Waals surface area (Å²) in [5, 5.41) is 8.62. The molecule has 0 saturated carbocycles. The number of aliphatic carboxylic acids is 1. The van der Waals surface area contributed by atoms with Crippen LogP contribution in [0.15, 0.2) is 85.1 Å². The average molecular weight is 523 g/mol. The van der Waals surface area contributed by atoms with Crippen LogP contribution in [0, 0.1) is 0 Å². The van der Waals surface area contributed by atoms with Gasteiger partial charge in [0.1, 0.15) is 0 Å². The zero-order valence-electron chi connectivity index (χ0n) is 24.6. The Bertz CT molecular complexity index is 703. The largest absolute Gasteiger partial charge is 0.481 e. The third-order valence-electron chi connectivity index (χ3n) is 6.30. The lowest BCUT2D eigenvalue weighted by molar-refractivity contribution is -0.137. The summed E-state index contributed by atoms with van der Waals surface area (Å²) in [6.45, 7) is 2.16. The Balaban J connectivity index is 3.39. The zero-order chi connectivity index (χ0) is 27.6. The molecule has 0 amide bonds. The molecule has 0 spiro atoms. The van der Waals surface area contributed by atoms with Crippen molar-refractivity contribution in [2.75, 3.05) is 0 Å². The van der Waals surface area contributed by atoms with Gasteiger partial charge in [-0.05, 0) is 64.2 Å². The molecule has 0 bridgehead atoms. The van der Waals surface area contributed by atoms with Gasteiger partial charge < -0.3 is 5.11 Å². The number of unbranched alkanes of at least 4 members (excludes halogenated alkanes) is 11. The molecular formula is C36H58O2. The molecule has 0 rings (SSSR count). The summed E-state index contributed by atoms with van der Waals surface area (Å²) in [6, 6.07) is 0. The highest BCUT2D eigenvalue weighted by Crippen LogP contribution is 2.12. The summed E-state index contributed by atoms with van der Waals surface area (Å²) in [5.74, 6) is -0.662. The minimum atomic E-state index is -0.662. The molecule has 1 N–H and O–H groups in total. The molecule has 0 aromatic carbocycles. The number of rotatable bonds is 27. The minimum absolute atomic E-state index is 0.331. The third kappa shape index (κ3) is 33.7. The van der Waals surface area contributed by atoms with Gasteiger partial charge in [0.15, 0.2) is 0 Å². The SMILES string of the molecule is CC/C=C\C/C=C\C/C=C\C/C=C\C/C=C\C/C=C\C/C=C\CCCCCCCCCCCCCC(=O)O. The highest BCUT2D eigenvalue weighted by molar-refractivity contribution is 5.66. The molecule has 0 aliphatic rings. The molecule has 2 heteroatoms. The Morgan fingerprint density at radius 2 is 0.711 bits per heavy atom. The summed E-state index contributed by atoms with van der Waals surface area (Å²) >= 11 is 0. The summed E-state index contributed by atoms with van der Waals surface area (Å²) in [4.78, 5) is 10.5. The average Bonchev–Trinajstić information content (AvgIpc) is 2.91. The molecule has 0 aromatic rings. The Kier molecular flexibility index (Phi) is 30.7. The van der Waals surface area contributed by atoms with Crippen LogP contribution in [-0.2, 0) is 4.79 Å². The van der Waals surface area contributed by atoms with Gasteiger partial charge in [-0.1, -0.05) is 150 Å². The van der Waals surface area contributed by atoms with Gasteiger partial charge in [-0.15, -0.1) is 0 Å². The first-order chi connectivity index (χ1) is 18.8. The van der Waals surface area contributed by atoms with Crippen LogP contribution in [0.1, 0.15) is 135 Å². The lowest BCUT2D eigenvalue weighted by atomic mass is 10.0. The normalized spacial score (nSPS) is 12.9. The van der Waals surface area contributed by atoms with E-state index in [-0.39, 0.29) is 0 Å². The second-order valence-corrected chi connectivity index (χ2v) is 9.94. The monoisotopic (exact) mass is 522 g/mol. The van der Waals surface area contributed by atoms with Gasteiger partial charge in [-0.2, -0.15) is 0 Å². The highest BCUT2D eigenvalue weighted by Gasteiger charge is 1.96. The second kappa shape index (κ2) is 32.7. The van der Waals surface area contributed by atoms with Crippen molar-refractivity contribution in [1.82, 2.24) is 0 Å². The van der Waals surface area contributed by atoms with Crippen LogP contribution < -0.4 is 0 Å². The number of carbonyl (C=O) groups is 1. The van der Waals surface area contributed by atoms with Crippen molar-refractivity contribution in [2.45, 2.75) is 135 Å². The lowest BCUT2D eigenvalue weighted by Gasteiger charge is -2.02. The number of carboxylic acid groups (broad SMARTS) is 1. The predicted octanol–water partition coefficient (Wildman–Crippen LogP) is 11.8. The van der Waals surface area contributed by atoms with E-state index in [9.17, 15) is 4.79 Å². The Hall–Kier alpha value is -2.35. The molecule has 2 nitrogen and oxygen atoms in total. The smallest absolute Gasteiger partial charge is 0.303 e. The van der Waals surface area contributed by atoms with Crippen molar-refractivity contribution in [1.29, 1.82) is 0 Å². The van der Waals surface area contributed by atoms with Crippen LogP contribution >= 0.6 is 0 Å². The summed E-state index contributed by atoms with van der Waals surface area (Å²) in [7, 11) is 0. The van der Waals surface area contributed by atoms with Gasteiger partial charge >= 0.3 is 5.97 Å². The Morgan fingerprint density at radius 1 is 0.421 bits per heavy atom. The van der Waals surface area contributed by atoms with Gasteiger partial charge in [0.05, 0.1) is 0 Å². The molecule has 0 aromatic heterocycles. The molecule has 38 heavy (non-hydrogen) atoms. The molecule has 214 valence electrons. The van der Waals surface area contributed by atoms with Crippen LogP contribution in [-0.4, -0.2) is 11.1 Å². The minimum Gasteiger partial charge on any atom is -0.481 e. The van der Waals surface area contributed by atoms with E-state index in [0.29, 0.717) is 6.42 Å².